The summed E-state index contributed by atoms with van der Waals surface area (Å²) in [4.78, 5) is 13.7. The fourth-order valence-corrected chi connectivity index (χ4v) is 4.55. The fourth-order valence-electron chi connectivity index (χ4n) is 2.81. The van der Waals surface area contributed by atoms with E-state index in [1.54, 1.807) is 11.3 Å². The molecule has 0 radical (unpaired) electrons. The van der Waals surface area contributed by atoms with E-state index in [-0.39, 0.29) is 5.97 Å². The van der Waals surface area contributed by atoms with E-state index in [4.69, 9.17) is 17.0 Å². The van der Waals surface area contributed by atoms with Gasteiger partial charge < -0.3 is 15.4 Å². The van der Waals surface area contributed by atoms with Crippen LogP contribution in [0.25, 0.3) is 0 Å². The van der Waals surface area contributed by atoms with Crippen LogP contribution in [-0.2, 0) is 17.6 Å². The second-order valence-corrected chi connectivity index (χ2v) is 7.66. The smallest absolute Gasteiger partial charge is 0.341 e. The molecule has 0 aromatic carbocycles. The Labute approximate surface area is 140 Å². The Kier molecular flexibility index (Phi) is 4.68. The van der Waals surface area contributed by atoms with Crippen molar-refractivity contribution in [2.45, 2.75) is 52.0 Å². The standard InChI is InChI=1S/C16H22N2O2S2/c1-3-20-15(19)13-11-7-4-9(2)8-12(11)22-14(13)18-16(21)17-10-5-6-10/h9-10H,3-8H2,1-2H3,(H2,17,18,21)/t9-/m1/s1. The number of esters is 1. The van der Waals surface area contributed by atoms with Gasteiger partial charge in [0.1, 0.15) is 5.00 Å². The van der Waals surface area contributed by atoms with Gasteiger partial charge >= 0.3 is 5.97 Å². The van der Waals surface area contributed by atoms with Crippen molar-refractivity contribution in [2.75, 3.05) is 11.9 Å². The van der Waals surface area contributed by atoms with E-state index in [1.165, 1.54) is 23.3 Å². The highest BCUT2D eigenvalue weighted by Crippen LogP contribution is 2.40. The van der Waals surface area contributed by atoms with Gasteiger partial charge in [-0.1, -0.05) is 6.92 Å². The van der Waals surface area contributed by atoms with Gasteiger partial charge in [0.25, 0.3) is 0 Å². The summed E-state index contributed by atoms with van der Waals surface area (Å²) in [7, 11) is 0. The Morgan fingerprint density at radius 1 is 1.41 bits per heavy atom. The Balaban J connectivity index is 1.86. The third-order valence-electron chi connectivity index (χ3n) is 4.13. The van der Waals surface area contributed by atoms with Crippen LogP contribution >= 0.6 is 23.6 Å². The van der Waals surface area contributed by atoms with Gasteiger partial charge in [-0.2, -0.15) is 0 Å². The van der Waals surface area contributed by atoms with E-state index in [0.717, 1.165) is 24.3 Å². The molecule has 4 nitrogen and oxygen atoms in total. The van der Waals surface area contributed by atoms with Crippen LogP contribution in [0.5, 0.6) is 0 Å². The molecule has 1 saturated carbocycles. The van der Waals surface area contributed by atoms with Gasteiger partial charge in [-0.05, 0) is 62.7 Å². The Morgan fingerprint density at radius 2 is 2.18 bits per heavy atom. The van der Waals surface area contributed by atoms with Crippen molar-refractivity contribution in [2.24, 2.45) is 5.92 Å². The van der Waals surface area contributed by atoms with Crippen LogP contribution < -0.4 is 10.6 Å². The molecular weight excluding hydrogens is 316 g/mol. The first-order valence-electron chi connectivity index (χ1n) is 7.97. The van der Waals surface area contributed by atoms with Crippen molar-refractivity contribution >= 4 is 39.6 Å². The molecule has 1 heterocycles. The number of carbonyl (C=O) groups is 1. The van der Waals surface area contributed by atoms with Gasteiger partial charge in [-0.25, -0.2) is 4.79 Å². The Morgan fingerprint density at radius 3 is 2.86 bits per heavy atom. The molecule has 3 rings (SSSR count). The zero-order valence-corrected chi connectivity index (χ0v) is 14.7. The molecule has 0 saturated heterocycles. The maximum absolute atomic E-state index is 12.4. The minimum atomic E-state index is -0.230. The van der Waals surface area contributed by atoms with Crippen LogP contribution in [0.3, 0.4) is 0 Å². The van der Waals surface area contributed by atoms with Crippen molar-refractivity contribution in [1.82, 2.24) is 5.32 Å². The number of hydrogen-bond donors (Lipinski definition) is 2. The zero-order valence-electron chi connectivity index (χ0n) is 13.0. The van der Waals surface area contributed by atoms with Crippen LogP contribution in [0.4, 0.5) is 5.00 Å². The van der Waals surface area contributed by atoms with Crippen LogP contribution in [-0.4, -0.2) is 23.7 Å². The van der Waals surface area contributed by atoms with E-state index in [2.05, 4.69) is 17.6 Å². The highest BCUT2D eigenvalue weighted by atomic mass is 32.1. The predicted octanol–water partition coefficient (Wildman–Crippen LogP) is 3.50. The molecule has 22 heavy (non-hydrogen) atoms. The number of anilines is 1. The number of thiophene rings is 1. The fraction of sp³-hybridized carbons (Fsp3) is 0.625. The number of nitrogens with one attached hydrogen (secondary N) is 2. The van der Waals surface area contributed by atoms with Crippen molar-refractivity contribution < 1.29 is 9.53 Å². The maximum atomic E-state index is 12.4. The van der Waals surface area contributed by atoms with Crippen molar-refractivity contribution in [3.63, 3.8) is 0 Å². The van der Waals surface area contributed by atoms with Gasteiger partial charge in [0.2, 0.25) is 0 Å². The molecule has 0 spiro atoms. The highest BCUT2D eigenvalue weighted by molar-refractivity contribution is 7.80. The van der Waals surface area contributed by atoms with Gasteiger partial charge in [0.05, 0.1) is 12.2 Å². The first-order chi connectivity index (χ1) is 10.6. The summed E-state index contributed by atoms with van der Waals surface area (Å²) in [5.41, 5.74) is 1.87. The molecular formula is C16H22N2O2S2. The van der Waals surface area contributed by atoms with E-state index >= 15 is 0 Å². The summed E-state index contributed by atoms with van der Waals surface area (Å²) < 4.78 is 5.26. The molecule has 1 aromatic rings. The normalized spacial score (nSPS) is 20.2. The molecule has 0 bridgehead atoms. The topological polar surface area (TPSA) is 50.4 Å². The van der Waals surface area contributed by atoms with E-state index in [9.17, 15) is 4.79 Å². The lowest BCUT2D eigenvalue weighted by Crippen LogP contribution is -2.30. The average molecular weight is 338 g/mol. The van der Waals surface area contributed by atoms with Gasteiger partial charge in [-0.15, -0.1) is 11.3 Å². The lowest BCUT2D eigenvalue weighted by molar-refractivity contribution is 0.0526. The number of carbonyl (C=O) groups excluding carboxylic acids is 1. The second-order valence-electron chi connectivity index (χ2n) is 6.15. The van der Waals surface area contributed by atoms with Crippen molar-refractivity contribution in [3.8, 4) is 0 Å². The summed E-state index contributed by atoms with van der Waals surface area (Å²) in [5.74, 6) is 0.442. The van der Waals surface area contributed by atoms with E-state index in [1.807, 2.05) is 6.92 Å². The number of thiocarbonyl (C=S) groups is 1. The summed E-state index contributed by atoms with van der Waals surface area (Å²) in [6, 6.07) is 0.501. The van der Waals surface area contributed by atoms with Gasteiger partial charge in [0, 0.05) is 10.9 Å². The molecule has 2 N–H and O–H groups in total. The van der Waals surface area contributed by atoms with Crippen LogP contribution in [0.1, 0.15) is 53.9 Å². The molecule has 0 unspecified atom stereocenters. The van der Waals surface area contributed by atoms with Crippen LogP contribution in [0.2, 0.25) is 0 Å². The largest absolute Gasteiger partial charge is 0.462 e. The second kappa shape index (κ2) is 6.54. The third kappa shape index (κ3) is 3.43. The van der Waals surface area contributed by atoms with Crippen molar-refractivity contribution in [3.05, 3.63) is 16.0 Å². The van der Waals surface area contributed by atoms with Crippen molar-refractivity contribution in [1.29, 1.82) is 0 Å². The molecule has 0 amide bonds. The molecule has 2 aliphatic rings. The minimum absolute atomic E-state index is 0.230. The molecule has 1 fully saturated rings. The summed E-state index contributed by atoms with van der Waals surface area (Å²) >= 11 is 7.02. The first kappa shape index (κ1) is 15.7. The molecule has 6 heteroatoms. The van der Waals surface area contributed by atoms with E-state index < -0.39 is 0 Å². The lowest BCUT2D eigenvalue weighted by Gasteiger charge is -2.18. The number of fused-ring (bicyclic) bond motifs is 1. The number of hydrogen-bond acceptors (Lipinski definition) is 4. The average Bonchev–Trinajstić information content (AvgIpc) is 3.18. The molecule has 0 aliphatic heterocycles. The molecule has 2 aliphatic carbocycles. The molecule has 120 valence electrons. The zero-order chi connectivity index (χ0) is 15.7. The maximum Gasteiger partial charge on any atom is 0.341 e. The van der Waals surface area contributed by atoms with Crippen LogP contribution in [0, 0.1) is 5.92 Å². The Bertz CT molecular complexity index is 593. The monoisotopic (exact) mass is 338 g/mol. The quantitative estimate of drug-likeness (QED) is 0.650. The molecule has 1 atom stereocenters. The summed E-state index contributed by atoms with van der Waals surface area (Å²) in [6.45, 7) is 4.49. The third-order valence-corrected chi connectivity index (χ3v) is 5.52. The summed E-state index contributed by atoms with van der Waals surface area (Å²) in [6.07, 6.45) is 5.46. The molecule has 1 aromatic heterocycles. The lowest BCUT2D eigenvalue weighted by atomic mass is 9.88. The first-order valence-corrected chi connectivity index (χ1v) is 9.20. The van der Waals surface area contributed by atoms with Crippen LogP contribution in [0.15, 0.2) is 0 Å². The SMILES string of the molecule is CCOC(=O)c1c(NC(=S)NC2CC2)sc2c1CC[C@@H](C)C2. The van der Waals surface area contributed by atoms with E-state index in [0.29, 0.717) is 29.2 Å². The highest BCUT2D eigenvalue weighted by Gasteiger charge is 2.29. The number of rotatable bonds is 4. The predicted molar refractivity (Wildman–Crippen MR) is 93.8 cm³/mol. The van der Waals surface area contributed by atoms with Gasteiger partial charge in [0.15, 0.2) is 5.11 Å². The summed E-state index contributed by atoms with van der Waals surface area (Å²) in [5, 5.41) is 7.95. The van der Waals surface area contributed by atoms with Gasteiger partial charge in [-0.3, -0.25) is 0 Å². The number of ether oxygens (including phenoxy) is 1. The minimum Gasteiger partial charge on any atom is -0.462 e. The Hall–Kier alpha value is -1.14.